The van der Waals surface area contributed by atoms with Gasteiger partial charge in [-0.15, -0.1) is 0 Å². The molecule has 1 atom stereocenters. The first-order chi connectivity index (χ1) is 8.16. The fourth-order valence-electron chi connectivity index (χ4n) is 2.68. The van der Waals surface area contributed by atoms with E-state index in [0.29, 0.717) is 11.1 Å². The van der Waals surface area contributed by atoms with Crippen molar-refractivity contribution in [1.29, 1.82) is 0 Å². The van der Waals surface area contributed by atoms with Crippen molar-refractivity contribution < 1.29 is 9.50 Å². The fraction of sp³-hybridized carbons (Fsp3) is 0.600. The second-order valence-corrected chi connectivity index (χ2v) is 5.25. The highest BCUT2D eigenvalue weighted by atomic mass is 19.1. The zero-order valence-corrected chi connectivity index (χ0v) is 10.5. The van der Waals surface area contributed by atoms with Crippen LogP contribution in [0.4, 0.5) is 4.39 Å². The first-order valence-electron chi connectivity index (χ1n) is 6.61. The second kappa shape index (κ2) is 5.63. The Balaban J connectivity index is 1.89. The van der Waals surface area contributed by atoms with Crippen LogP contribution in [0.15, 0.2) is 18.2 Å². The van der Waals surface area contributed by atoms with Gasteiger partial charge in [0.2, 0.25) is 0 Å². The number of benzene rings is 1. The minimum Gasteiger partial charge on any atom is -0.388 e. The molecule has 1 aliphatic carbocycles. The van der Waals surface area contributed by atoms with Gasteiger partial charge in [0.25, 0.3) is 0 Å². The van der Waals surface area contributed by atoms with Crippen molar-refractivity contribution in [1.82, 2.24) is 0 Å². The van der Waals surface area contributed by atoms with Gasteiger partial charge in [-0.25, -0.2) is 4.39 Å². The lowest BCUT2D eigenvalue weighted by Crippen LogP contribution is -2.02. The molecule has 1 aromatic carbocycles. The van der Waals surface area contributed by atoms with E-state index in [4.69, 9.17) is 0 Å². The summed E-state index contributed by atoms with van der Waals surface area (Å²) in [6.45, 7) is 1.74. The maximum absolute atomic E-state index is 13.4. The molecule has 0 radical (unpaired) electrons. The van der Waals surface area contributed by atoms with Crippen LogP contribution in [0.1, 0.15) is 55.8 Å². The van der Waals surface area contributed by atoms with Crippen LogP contribution in [-0.4, -0.2) is 5.11 Å². The molecule has 1 aliphatic rings. The average molecular weight is 236 g/mol. The number of aliphatic hydroxyl groups excluding tert-OH is 1. The van der Waals surface area contributed by atoms with Crippen molar-refractivity contribution >= 4 is 0 Å². The minimum atomic E-state index is -0.509. The van der Waals surface area contributed by atoms with Crippen LogP contribution in [-0.2, 0) is 0 Å². The zero-order valence-electron chi connectivity index (χ0n) is 10.5. The molecule has 0 aliphatic heterocycles. The number of rotatable bonds is 4. The number of hydrogen-bond donors (Lipinski definition) is 1. The van der Waals surface area contributed by atoms with Gasteiger partial charge >= 0.3 is 0 Å². The van der Waals surface area contributed by atoms with E-state index in [1.165, 1.54) is 31.7 Å². The number of aryl methyl sites for hydroxylation is 1. The topological polar surface area (TPSA) is 20.2 Å². The summed E-state index contributed by atoms with van der Waals surface area (Å²) < 4.78 is 13.4. The Morgan fingerprint density at radius 2 is 2.06 bits per heavy atom. The van der Waals surface area contributed by atoms with Crippen LogP contribution < -0.4 is 0 Å². The molecule has 1 fully saturated rings. The minimum absolute atomic E-state index is 0.220. The summed E-state index contributed by atoms with van der Waals surface area (Å²) >= 11 is 0. The van der Waals surface area contributed by atoms with Crippen molar-refractivity contribution in [3.8, 4) is 0 Å². The summed E-state index contributed by atoms with van der Waals surface area (Å²) in [5.74, 6) is 0.558. The predicted molar refractivity (Wildman–Crippen MR) is 67.3 cm³/mol. The van der Waals surface area contributed by atoms with Crippen molar-refractivity contribution in [3.63, 3.8) is 0 Å². The monoisotopic (exact) mass is 236 g/mol. The summed E-state index contributed by atoms with van der Waals surface area (Å²) in [6, 6.07) is 5.04. The molecule has 0 heterocycles. The molecule has 1 saturated carbocycles. The summed E-state index contributed by atoms with van der Waals surface area (Å²) in [5, 5.41) is 10.0. The second-order valence-electron chi connectivity index (χ2n) is 5.25. The molecule has 0 aromatic heterocycles. The Labute approximate surface area is 103 Å². The van der Waals surface area contributed by atoms with E-state index in [-0.39, 0.29) is 5.82 Å². The van der Waals surface area contributed by atoms with E-state index in [1.54, 1.807) is 13.0 Å². The summed E-state index contributed by atoms with van der Waals surface area (Å²) in [4.78, 5) is 0. The van der Waals surface area contributed by atoms with Crippen molar-refractivity contribution in [3.05, 3.63) is 35.1 Å². The largest absolute Gasteiger partial charge is 0.388 e. The van der Waals surface area contributed by atoms with Crippen LogP contribution in [0.25, 0.3) is 0 Å². The quantitative estimate of drug-likeness (QED) is 0.833. The Morgan fingerprint density at radius 3 is 2.71 bits per heavy atom. The Kier molecular flexibility index (Phi) is 4.16. The van der Waals surface area contributed by atoms with Gasteiger partial charge in [-0.3, -0.25) is 0 Å². The van der Waals surface area contributed by atoms with Gasteiger partial charge in [-0.05, 0) is 42.9 Å². The zero-order chi connectivity index (χ0) is 12.3. The lowest BCUT2D eigenvalue weighted by atomic mass is 9.96. The molecule has 0 spiro atoms. The number of hydrogen-bond acceptors (Lipinski definition) is 1. The predicted octanol–water partition coefficient (Wildman–Crippen LogP) is 4.14. The molecular formula is C15H21FO. The third-order valence-corrected chi connectivity index (χ3v) is 3.90. The smallest absolute Gasteiger partial charge is 0.126 e. The highest BCUT2D eigenvalue weighted by Gasteiger charge is 2.17. The van der Waals surface area contributed by atoms with E-state index >= 15 is 0 Å². The molecule has 2 rings (SSSR count). The maximum atomic E-state index is 13.4. The number of aliphatic hydroxyl groups is 1. The van der Waals surface area contributed by atoms with Gasteiger partial charge in [-0.1, -0.05) is 37.8 Å². The van der Waals surface area contributed by atoms with Gasteiger partial charge in [-0.2, -0.15) is 0 Å². The molecular weight excluding hydrogens is 215 g/mol. The standard InChI is InChI=1S/C15H21FO/c1-11-6-8-13(10-14(11)16)15(17)9-7-12-4-2-3-5-12/h6,8,10,12,15,17H,2-5,7,9H2,1H3. The Bertz CT molecular complexity index is 369. The van der Waals surface area contributed by atoms with Crippen LogP contribution in [0.2, 0.25) is 0 Å². The van der Waals surface area contributed by atoms with Gasteiger partial charge in [0.15, 0.2) is 0 Å². The molecule has 0 bridgehead atoms. The van der Waals surface area contributed by atoms with E-state index in [0.717, 1.165) is 18.8 Å². The average Bonchev–Trinajstić information content (AvgIpc) is 2.82. The first-order valence-corrected chi connectivity index (χ1v) is 6.61. The normalized spacial score (nSPS) is 18.5. The lowest BCUT2D eigenvalue weighted by Gasteiger charge is -2.14. The van der Waals surface area contributed by atoms with E-state index in [9.17, 15) is 9.50 Å². The van der Waals surface area contributed by atoms with Crippen molar-refractivity contribution in [2.75, 3.05) is 0 Å². The summed E-state index contributed by atoms with van der Waals surface area (Å²) in [6.07, 6.45) is 6.58. The number of halogens is 1. The molecule has 1 unspecified atom stereocenters. The van der Waals surface area contributed by atoms with Crippen LogP contribution in [0.3, 0.4) is 0 Å². The van der Waals surface area contributed by atoms with E-state index < -0.39 is 6.10 Å². The highest BCUT2D eigenvalue weighted by Crippen LogP contribution is 2.31. The van der Waals surface area contributed by atoms with E-state index in [2.05, 4.69) is 0 Å². The molecule has 0 saturated heterocycles. The van der Waals surface area contributed by atoms with Crippen LogP contribution >= 0.6 is 0 Å². The Hall–Kier alpha value is -0.890. The fourth-order valence-corrected chi connectivity index (χ4v) is 2.68. The molecule has 0 amide bonds. The van der Waals surface area contributed by atoms with Gasteiger partial charge in [0, 0.05) is 0 Å². The summed E-state index contributed by atoms with van der Waals surface area (Å²) in [7, 11) is 0. The van der Waals surface area contributed by atoms with Gasteiger partial charge < -0.3 is 5.11 Å². The molecule has 94 valence electrons. The Morgan fingerprint density at radius 1 is 1.35 bits per heavy atom. The third-order valence-electron chi connectivity index (χ3n) is 3.90. The van der Waals surface area contributed by atoms with Gasteiger partial charge in [0.05, 0.1) is 6.10 Å². The molecule has 1 N–H and O–H groups in total. The summed E-state index contributed by atoms with van der Waals surface area (Å²) in [5.41, 5.74) is 1.35. The maximum Gasteiger partial charge on any atom is 0.126 e. The lowest BCUT2D eigenvalue weighted by molar-refractivity contribution is 0.156. The third kappa shape index (κ3) is 3.29. The molecule has 17 heavy (non-hydrogen) atoms. The molecule has 1 aromatic rings. The van der Waals surface area contributed by atoms with Crippen molar-refractivity contribution in [2.24, 2.45) is 5.92 Å². The van der Waals surface area contributed by atoms with E-state index in [1.807, 2.05) is 6.07 Å². The van der Waals surface area contributed by atoms with Crippen molar-refractivity contribution in [2.45, 2.75) is 51.6 Å². The van der Waals surface area contributed by atoms with Crippen LogP contribution in [0, 0.1) is 18.7 Å². The van der Waals surface area contributed by atoms with Gasteiger partial charge in [0.1, 0.15) is 5.82 Å². The first kappa shape index (κ1) is 12.6. The SMILES string of the molecule is Cc1ccc(C(O)CCC2CCCC2)cc1F. The molecule has 2 heteroatoms. The van der Waals surface area contributed by atoms with Crippen LogP contribution in [0.5, 0.6) is 0 Å². The molecule has 1 nitrogen and oxygen atoms in total. The highest BCUT2D eigenvalue weighted by molar-refractivity contribution is 5.24.